The van der Waals surface area contributed by atoms with Crippen molar-refractivity contribution >= 4 is 34.6 Å². The van der Waals surface area contributed by atoms with Crippen LogP contribution in [0.25, 0.3) is 11.0 Å². The van der Waals surface area contributed by atoms with Gasteiger partial charge in [0.1, 0.15) is 11.9 Å². The number of aromatic amines is 1. The van der Waals surface area contributed by atoms with E-state index in [2.05, 4.69) is 36.1 Å². The van der Waals surface area contributed by atoms with Gasteiger partial charge in [0, 0.05) is 12.2 Å². The number of para-hydroxylation sites is 2. The van der Waals surface area contributed by atoms with Crippen LogP contribution in [0.2, 0.25) is 0 Å². The Hall–Kier alpha value is -2.02. The minimum Gasteiger partial charge on any atom is -0.344 e. The monoisotopic (exact) mass is 386 g/mol. The van der Waals surface area contributed by atoms with Crippen molar-refractivity contribution in [1.82, 2.24) is 20.2 Å². The van der Waals surface area contributed by atoms with E-state index < -0.39 is 6.04 Å². The molecule has 0 saturated carbocycles. The van der Waals surface area contributed by atoms with E-state index in [0.717, 1.165) is 29.7 Å². The first kappa shape index (κ1) is 18.3. The molecular weight excluding hydrogens is 360 g/mol. The lowest BCUT2D eigenvalue weighted by Gasteiger charge is -2.30. The summed E-state index contributed by atoms with van der Waals surface area (Å²) in [6, 6.07) is 7.29. The topological polar surface area (TPSA) is 78.1 Å². The number of thioether (sulfide) groups is 1. The third-order valence-corrected chi connectivity index (χ3v) is 7.01. The molecule has 0 spiro atoms. The molecule has 0 aliphatic carbocycles. The summed E-state index contributed by atoms with van der Waals surface area (Å²) in [6.45, 7) is 6.34. The number of benzene rings is 1. The van der Waals surface area contributed by atoms with Gasteiger partial charge in [0.25, 0.3) is 0 Å². The van der Waals surface area contributed by atoms with E-state index in [1.807, 2.05) is 24.3 Å². The number of carbonyl (C=O) groups is 2. The number of carbonyl (C=O) groups excluding carboxylic acids is 2. The molecule has 3 heterocycles. The minimum absolute atomic E-state index is 0.0763. The highest BCUT2D eigenvalue weighted by Crippen LogP contribution is 2.47. The number of amides is 2. The van der Waals surface area contributed by atoms with Gasteiger partial charge in [-0.15, -0.1) is 11.8 Å². The van der Waals surface area contributed by atoms with Crippen molar-refractivity contribution < 1.29 is 9.59 Å². The molecule has 2 aliphatic rings. The number of nitrogens with zero attached hydrogens (tertiary/aromatic N) is 2. The molecule has 2 saturated heterocycles. The molecule has 4 rings (SSSR count). The average Bonchev–Trinajstić information content (AvgIpc) is 3.27. The number of imidazole rings is 1. The Morgan fingerprint density at radius 1 is 1.44 bits per heavy atom. The summed E-state index contributed by atoms with van der Waals surface area (Å²) < 4.78 is 0. The van der Waals surface area contributed by atoms with Gasteiger partial charge in [-0.1, -0.05) is 26.0 Å². The van der Waals surface area contributed by atoms with Crippen molar-refractivity contribution in [3.05, 3.63) is 30.1 Å². The van der Waals surface area contributed by atoms with Crippen LogP contribution in [0.5, 0.6) is 0 Å². The first-order valence-electron chi connectivity index (χ1n) is 9.58. The maximum Gasteiger partial charge on any atom is 0.244 e. The third kappa shape index (κ3) is 3.33. The molecule has 0 bridgehead atoms. The van der Waals surface area contributed by atoms with E-state index in [-0.39, 0.29) is 22.7 Å². The van der Waals surface area contributed by atoms with Crippen LogP contribution in [0.4, 0.5) is 0 Å². The third-order valence-electron chi connectivity index (χ3n) is 5.51. The Morgan fingerprint density at radius 2 is 2.22 bits per heavy atom. The number of aromatic nitrogens is 2. The second-order valence-corrected chi connectivity index (χ2v) is 9.60. The standard InChI is InChI=1S/C20H26N4O2S/c1-12(2)10-15(18-21-13-6-4-5-7-14(13)22-18)23-19(26)16-11-27-20(3)9-8-17(25)24(16)20/h4-7,12,15-16H,8-11H2,1-3H3,(H,21,22)(H,23,26). The zero-order valence-corrected chi connectivity index (χ0v) is 16.8. The molecule has 3 unspecified atom stereocenters. The fraction of sp³-hybridized carbons (Fsp3) is 0.550. The summed E-state index contributed by atoms with van der Waals surface area (Å²) in [5.74, 6) is 1.85. The highest BCUT2D eigenvalue weighted by molar-refractivity contribution is 8.01. The van der Waals surface area contributed by atoms with Crippen LogP contribution < -0.4 is 5.32 Å². The fourth-order valence-electron chi connectivity index (χ4n) is 4.13. The van der Waals surface area contributed by atoms with Crippen molar-refractivity contribution in [2.24, 2.45) is 5.92 Å². The normalized spacial score (nSPS) is 26.0. The molecule has 2 amide bonds. The Kier molecular flexibility index (Phi) is 4.66. The molecule has 27 heavy (non-hydrogen) atoms. The molecule has 0 radical (unpaired) electrons. The molecular formula is C20H26N4O2S. The number of hydrogen-bond donors (Lipinski definition) is 2. The van der Waals surface area contributed by atoms with E-state index in [9.17, 15) is 9.59 Å². The average molecular weight is 387 g/mol. The Balaban J connectivity index is 1.56. The lowest BCUT2D eigenvalue weighted by Crippen LogP contribution is -2.50. The van der Waals surface area contributed by atoms with Crippen molar-refractivity contribution in [2.45, 2.75) is 57.0 Å². The van der Waals surface area contributed by atoms with Crippen LogP contribution in [0.15, 0.2) is 24.3 Å². The molecule has 144 valence electrons. The van der Waals surface area contributed by atoms with Crippen LogP contribution in [0.1, 0.15) is 51.9 Å². The van der Waals surface area contributed by atoms with Crippen LogP contribution in [-0.4, -0.2) is 43.3 Å². The molecule has 1 aromatic carbocycles. The predicted molar refractivity (Wildman–Crippen MR) is 107 cm³/mol. The Bertz CT molecular complexity index is 847. The van der Waals surface area contributed by atoms with Gasteiger partial charge in [0.15, 0.2) is 0 Å². The van der Waals surface area contributed by atoms with Gasteiger partial charge in [-0.05, 0) is 37.8 Å². The second-order valence-electron chi connectivity index (χ2n) is 8.10. The van der Waals surface area contributed by atoms with Crippen molar-refractivity contribution in [3.8, 4) is 0 Å². The molecule has 7 heteroatoms. The van der Waals surface area contributed by atoms with Crippen LogP contribution >= 0.6 is 11.8 Å². The fourth-order valence-corrected chi connectivity index (χ4v) is 5.56. The summed E-state index contributed by atoms with van der Waals surface area (Å²) in [4.78, 5) is 35.0. The number of fused-ring (bicyclic) bond motifs is 2. The van der Waals surface area contributed by atoms with Crippen molar-refractivity contribution in [2.75, 3.05) is 5.75 Å². The maximum atomic E-state index is 13.1. The van der Waals surface area contributed by atoms with Gasteiger partial charge >= 0.3 is 0 Å². The quantitative estimate of drug-likeness (QED) is 0.827. The maximum absolute atomic E-state index is 13.1. The summed E-state index contributed by atoms with van der Waals surface area (Å²) in [5.41, 5.74) is 1.86. The summed E-state index contributed by atoms with van der Waals surface area (Å²) >= 11 is 1.72. The summed E-state index contributed by atoms with van der Waals surface area (Å²) in [7, 11) is 0. The van der Waals surface area contributed by atoms with Gasteiger partial charge in [-0.2, -0.15) is 0 Å². The van der Waals surface area contributed by atoms with E-state index >= 15 is 0 Å². The minimum atomic E-state index is -0.394. The summed E-state index contributed by atoms with van der Waals surface area (Å²) in [5, 5.41) is 3.18. The number of hydrogen-bond acceptors (Lipinski definition) is 4. The zero-order valence-electron chi connectivity index (χ0n) is 16.0. The molecule has 6 nitrogen and oxygen atoms in total. The lowest BCUT2D eigenvalue weighted by atomic mass is 10.0. The predicted octanol–water partition coefficient (Wildman–Crippen LogP) is 3.22. The van der Waals surface area contributed by atoms with Gasteiger partial charge in [-0.3, -0.25) is 9.59 Å². The molecule has 3 atom stereocenters. The van der Waals surface area contributed by atoms with Crippen LogP contribution in [0, 0.1) is 5.92 Å². The molecule has 2 fully saturated rings. The second kappa shape index (κ2) is 6.86. The van der Waals surface area contributed by atoms with E-state index in [1.54, 1.807) is 16.7 Å². The van der Waals surface area contributed by atoms with Gasteiger partial charge < -0.3 is 15.2 Å². The van der Waals surface area contributed by atoms with Crippen molar-refractivity contribution in [1.29, 1.82) is 0 Å². The summed E-state index contributed by atoms with van der Waals surface area (Å²) in [6.07, 6.45) is 2.14. The van der Waals surface area contributed by atoms with Crippen molar-refractivity contribution in [3.63, 3.8) is 0 Å². The molecule has 2 aromatic rings. The molecule has 2 N–H and O–H groups in total. The number of rotatable bonds is 5. The largest absolute Gasteiger partial charge is 0.344 e. The van der Waals surface area contributed by atoms with E-state index in [4.69, 9.17) is 0 Å². The van der Waals surface area contributed by atoms with Crippen LogP contribution in [-0.2, 0) is 9.59 Å². The molecule has 1 aromatic heterocycles. The van der Waals surface area contributed by atoms with Gasteiger partial charge in [0.2, 0.25) is 11.8 Å². The van der Waals surface area contributed by atoms with E-state index in [1.165, 1.54) is 0 Å². The number of nitrogens with one attached hydrogen (secondary N) is 2. The lowest BCUT2D eigenvalue weighted by molar-refractivity contribution is -0.138. The van der Waals surface area contributed by atoms with Crippen LogP contribution in [0.3, 0.4) is 0 Å². The highest BCUT2D eigenvalue weighted by atomic mass is 32.2. The first-order valence-corrected chi connectivity index (χ1v) is 10.6. The Labute approximate surface area is 163 Å². The zero-order chi connectivity index (χ0) is 19.2. The van der Waals surface area contributed by atoms with Gasteiger partial charge in [0.05, 0.1) is 21.9 Å². The first-order chi connectivity index (χ1) is 12.9. The smallest absolute Gasteiger partial charge is 0.244 e. The highest BCUT2D eigenvalue weighted by Gasteiger charge is 2.53. The SMILES string of the molecule is CC(C)CC(NC(=O)C1CSC2(C)CCC(=O)N12)c1nc2ccccc2[nH]1. The van der Waals surface area contributed by atoms with E-state index in [0.29, 0.717) is 18.1 Å². The number of H-pyrrole nitrogens is 1. The Morgan fingerprint density at radius 3 is 2.96 bits per heavy atom. The molecule has 2 aliphatic heterocycles. The van der Waals surface area contributed by atoms with Gasteiger partial charge in [-0.25, -0.2) is 4.98 Å².